The summed E-state index contributed by atoms with van der Waals surface area (Å²) >= 11 is 0. The van der Waals surface area contributed by atoms with Gasteiger partial charge in [0, 0.05) is 25.4 Å². The molecule has 0 aromatic heterocycles. The first kappa shape index (κ1) is 21.4. The molecule has 0 bridgehead atoms. The van der Waals surface area contributed by atoms with Crippen molar-refractivity contribution in [1.82, 2.24) is 9.62 Å². The molecule has 1 aliphatic rings. The van der Waals surface area contributed by atoms with E-state index < -0.39 is 22.0 Å². The molecule has 1 heterocycles. The minimum absolute atomic E-state index is 0.154. The number of amides is 2. The number of unbranched alkanes of at least 4 members (excludes halogenated alkanes) is 1. The fourth-order valence-corrected chi connectivity index (χ4v) is 4.89. The number of nitrogens with one attached hydrogen (secondary N) is 1. The van der Waals surface area contributed by atoms with E-state index in [1.807, 2.05) is 37.3 Å². The molecule has 1 fully saturated rings. The molecule has 27 heavy (non-hydrogen) atoms. The molecule has 7 nitrogen and oxygen atoms in total. The highest BCUT2D eigenvalue weighted by Gasteiger charge is 2.32. The van der Waals surface area contributed by atoms with Gasteiger partial charge in [0.05, 0.1) is 5.75 Å². The lowest BCUT2D eigenvalue weighted by molar-refractivity contribution is -0.130. The van der Waals surface area contributed by atoms with E-state index in [0.717, 1.165) is 12.0 Å². The van der Waals surface area contributed by atoms with Crippen LogP contribution in [0.2, 0.25) is 0 Å². The van der Waals surface area contributed by atoms with Crippen molar-refractivity contribution >= 4 is 21.8 Å². The van der Waals surface area contributed by atoms with Crippen LogP contribution in [0.15, 0.2) is 30.3 Å². The van der Waals surface area contributed by atoms with Crippen LogP contribution in [0.3, 0.4) is 0 Å². The lowest BCUT2D eigenvalue weighted by Crippen LogP contribution is -2.50. The largest absolute Gasteiger partial charge is 0.368 e. The summed E-state index contributed by atoms with van der Waals surface area (Å²) in [5.41, 5.74) is 6.36. The zero-order valence-corrected chi connectivity index (χ0v) is 16.6. The number of piperidine rings is 1. The highest BCUT2D eigenvalue weighted by Crippen LogP contribution is 2.21. The number of primary amides is 1. The molecule has 2 amide bonds. The van der Waals surface area contributed by atoms with Crippen LogP contribution in [0.4, 0.5) is 0 Å². The zero-order valence-electron chi connectivity index (χ0n) is 15.8. The van der Waals surface area contributed by atoms with Crippen LogP contribution >= 0.6 is 0 Å². The van der Waals surface area contributed by atoms with Crippen molar-refractivity contribution in [3.63, 3.8) is 0 Å². The molecule has 1 unspecified atom stereocenters. The number of nitrogens with two attached hydrogens (primary N) is 1. The Kier molecular flexibility index (Phi) is 7.79. The number of rotatable bonds is 9. The third-order valence-electron chi connectivity index (χ3n) is 4.92. The average Bonchev–Trinajstić information content (AvgIpc) is 2.66. The van der Waals surface area contributed by atoms with E-state index in [1.54, 1.807) is 0 Å². The van der Waals surface area contributed by atoms with Gasteiger partial charge >= 0.3 is 0 Å². The SMILES string of the molecule is CCCCS(=O)(=O)N1CCC(C(=O)NC(Cc2ccccc2)C(N)=O)CC1. The Morgan fingerprint density at radius 1 is 1.22 bits per heavy atom. The highest BCUT2D eigenvalue weighted by atomic mass is 32.2. The van der Waals surface area contributed by atoms with Crippen molar-refractivity contribution in [1.29, 1.82) is 0 Å². The Balaban J connectivity index is 1.89. The topological polar surface area (TPSA) is 110 Å². The number of hydrogen-bond donors (Lipinski definition) is 2. The second-order valence-corrected chi connectivity index (χ2v) is 9.08. The molecule has 150 valence electrons. The van der Waals surface area contributed by atoms with E-state index in [2.05, 4.69) is 5.32 Å². The maximum Gasteiger partial charge on any atom is 0.240 e. The summed E-state index contributed by atoms with van der Waals surface area (Å²) in [5, 5.41) is 2.74. The number of benzene rings is 1. The fourth-order valence-electron chi connectivity index (χ4n) is 3.21. The van der Waals surface area contributed by atoms with Crippen molar-refractivity contribution in [3.8, 4) is 0 Å². The first-order valence-corrected chi connectivity index (χ1v) is 11.1. The quantitative estimate of drug-likeness (QED) is 0.651. The molecular weight excluding hydrogens is 366 g/mol. The second kappa shape index (κ2) is 9.85. The molecule has 1 aliphatic heterocycles. The van der Waals surface area contributed by atoms with Crippen LogP contribution in [0.25, 0.3) is 0 Å². The van der Waals surface area contributed by atoms with Gasteiger partial charge < -0.3 is 11.1 Å². The lowest BCUT2D eigenvalue weighted by atomic mass is 9.96. The first-order chi connectivity index (χ1) is 12.8. The maximum atomic E-state index is 12.5. The average molecular weight is 396 g/mol. The minimum atomic E-state index is -3.24. The number of carbonyl (C=O) groups is 2. The summed E-state index contributed by atoms with van der Waals surface area (Å²) in [5.74, 6) is -0.964. The van der Waals surface area contributed by atoms with E-state index in [-0.39, 0.29) is 17.6 Å². The molecule has 1 saturated heterocycles. The van der Waals surface area contributed by atoms with Gasteiger partial charge in [-0.3, -0.25) is 9.59 Å². The van der Waals surface area contributed by atoms with Gasteiger partial charge in [-0.2, -0.15) is 0 Å². The first-order valence-electron chi connectivity index (χ1n) is 9.45. The molecule has 3 N–H and O–H groups in total. The van der Waals surface area contributed by atoms with Crippen LogP contribution in [0.1, 0.15) is 38.2 Å². The molecule has 8 heteroatoms. The predicted octanol–water partition coefficient (Wildman–Crippen LogP) is 1.04. The third-order valence-corrected chi connectivity index (χ3v) is 6.87. The van der Waals surface area contributed by atoms with Crippen molar-refractivity contribution in [2.24, 2.45) is 11.7 Å². The number of sulfonamides is 1. The summed E-state index contributed by atoms with van der Waals surface area (Å²) in [4.78, 5) is 24.3. The van der Waals surface area contributed by atoms with Crippen LogP contribution in [0, 0.1) is 5.92 Å². The number of hydrogen-bond acceptors (Lipinski definition) is 4. The molecule has 2 rings (SSSR count). The Hall–Kier alpha value is -1.93. The summed E-state index contributed by atoms with van der Waals surface area (Å²) in [6.07, 6.45) is 2.71. The van der Waals surface area contributed by atoms with E-state index >= 15 is 0 Å². The van der Waals surface area contributed by atoms with Crippen LogP contribution in [-0.4, -0.2) is 49.4 Å². The zero-order chi connectivity index (χ0) is 19.9. The maximum absolute atomic E-state index is 12.5. The Morgan fingerprint density at radius 2 is 1.85 bits per heavy atom. The van der Waals surface area contributed by atoms with E-state index in [9.17, 15) is 18.0 Å². The predicted molar refractivity (Wildman–Crippen MR) is 104 cm³/mol. The summed E-state index contributed by atoms with van der Waals surface area (Å²) in [7, 11) is -3.24. The van der Waals surface area contributed by atoms with Crippen molar-refractivity contribution in [2.45, 2.75) is 45.1 Å². The Bertz CT molecular complexity index is 729. The monoisotopic (exact) mass is 395 g/mol. The van der Waals surface area contributed by atoms with Gasteiger partial charge in [-0.15, -0.1) is 0 Å². The number of nitrogens with zero attached hydrogens (tertiary/aromatic N) is 1. The van der Waals surface area contributed by atoms with Gasteiger partial charge in [-0.1, -0.05) is 43.7 Å². The Morgan fingerprint density at radius 3 is 2.41 bits per heavy atom. The van der Waals surface area contributed by atoms with E-state index in [0.29, 0.717) is 38.8 Å². The molecule has 0 radical (unpaired) electrons. The van der Waals surface area contributed by atoms with Gasteiger partial charge in [-0.05, 0) is 24.8 Å². The lowest BCUT2D eigenvalue weighted by Gasteiger charge is -2.31. The highest BCUT2D eigenvalue weighted by molar-refractivity contribution is 7.89. The molecular formula is C19H29N3O4S. The molecule has 0 aliphatic carbocycles. The van der Waals surface area contributed by atoms with Gasteiger partial charge in [0.1, 0.15) is 6.04 Å². The van der Waals surface area contributed by atoms with Gasteiger partial charge in [0.15, 0.2) is 0 Å². The summed E-state index contributed by atoms with van der Waals surface area (Å²) in [6, 6.07) is 8.59. The summed E-state index contributed by atoms with van der Waals surface area (Å²) < 4.78 is 26.0. The smallest absolute Gasteiger partial charge is 0.240 e. The number of carbonyl (C=O) groups excluding carboxylic acids is 2. The van der Waals surface area contributed by atoms with Crippen LogP contribution < -0.4 is 11.1 Å². The molecule has 1 aromatic carbocycles. The minimum Gasteiger partial charge on any atom is -0.368 e. The van der Waals surface area contributed by atoms with E-state index in [1.165, 1.54) is 4.31 Å². The fraction of sp³-hybridized carbons (Fsp3) is 0.579. The van der Waals surface area contributed by atoms with Gasteiger partial charge in [0.2, 0.25) is 21.8 Å². The molecule has 1 atom stereocenters. The second-order valence-electron chi connectivity index (χ2n) is 7.00. The third kappa shape index (κ3) is 6.32. The molecule has 1 aromatic rings. The van der Waals surface area contributed by atoms with E-state index in [4.69, 9.17) is 5.73 Å². The van der Waals surface area contributed by atoms with Gasteiger partial charge in [-0.25, -0.2) is 12.7 Å². The van der Waals surface area contributed by atoms with Crippen molar-refractivity contribution < 1.29 is 18.0 Å². The van der Waals surface area contributed by atoms with Crippen LogP contribution in [0.5, 0.6) is 0 Å². The van der Waals surface area contributed by atoms with Crippen molar-refractivity contribution in [2.75, 3.05) is 18.8 Å². The van der Waals surface area contributed by atoms with Gasteiger partial charge in [0.25, 0.3) is 0 Å². The van der Waals surface area contributed by atoms with Crippen LogP contribution in [-0.2, 0) is 26.0 Å². The van der Waals surface area contributed by atoms with Crippen molar-refractivity contribution in [3.05, 3.63) is 35.9 Å². The standard InChI is InChI=1S/C19H29N3O4S/c1-2-3-13-27(25,26)22-11-9-16(10-12-22)19(24)21-17(18(20)23)14-15-7-5-4-6-8-15/h4-8,16-17H,2-3,9-14H2,1H3,(H2,20,23)(H,21,24). The molecule has 0 saturated carbocycles. The molecule has 0 spiro atoms. The Labute approximate surface area is 161 Å². The normalized spacial score (nSPS) is 17.4. The summed E-state index contributed by atoms with van der Waals surface area (Å²) in [6.45, 7) is 2.63.